The number of nitrogens with zero attached hydrogens (tertiary/aromatic N) is 3. The summed E-state index contributed by atoms with van der Waals surface area (Å²) in [5, 5.41) is 3.08. The molecule has 1 aromatic carbocycles. The maximum Gasteiger partial charge on any atom is 0.245 e. The van der Waals surface area contributed by atoms with Gasteiger partial charge in [0.2, 0.25) is 23.6 Å². The minimum atomic E-state index is -0.723. The van der Waals surface area contributed by atoms with Crippen LogP contribution >= 0.6 is 0 Å². The molecule has 8 nitrogen and oxygen atoms in total. The van der Waals surface area contributed by atoms with Crippen LogP contribution in [0, 0.1) is 17.8 Å². The van der Waals surface area contributed by atoms with Gasteiger partial charge in [-0.15, -0.1) is 0 Å². The molecule has 0 aromatic heterocycles. The maximum atomic E-state index is 13.9. The van der Waals surface area contributed by atoms with E-state index in [0.717, 1.165) is 5.56 Å². The van der Waals surface area contributed by atoms with Gasteiger partial charge in [-0.05, 0) is 37.7 Å². The number of nitrogens with one attached hydrogen (secondary N) is 1. The molecule has 40 heavy (non-hydrogen) atoms. The van der Waals surface area contributed by atoms with Crippen LogP contribution in [0.1, 0.15) is 81.2 Å². The summed E-state index contributed by atoms with van der Waals surface area (Å²) in [6.07, 6.45) is 0.629. The molecule has 4 amide bonds. The smallest absolute Gasteiger partial charge is 0.245 e. The molecule has 0 unspecified atom stereocenters. The van der Waals surface area contributed by atoms with Crippen LogP contribution in [0.15, 0.2) is 30.3 Å². The molecule has 0 radical (unpaired) electrons. The van der Waals surface area contributed by atoms with Gasteiger partial charge in [0.05, 0.1) is 12.6 Å². The van der Waals surface area contributed by atoms with E-state index < -0.39 is 11.5 Å². The highest BCUT2D eigenvalue weighted by molar-refractivity contribution is 5.89. The Morgan fingerprint density at radius 2 is 1.43 bits per heavy atom. The summed E-state index contributed by atoms with van der Waals surface area (Å²) >= 11 is 0. The predicted molar refractivity (Wildman–Crippen MR) is 162 cm³/mol. The van der Waals surface area contributed by atoms with E-state index in [9.17, 15) is 19.2 Å². The minimum Gasteiger partial charge on any atom is -0.344 e. The maximum absolute atomic E-state index is 13.9. The van der Waals surface area contributed by atoms with E-state index in [2.05, 4.69) is 19.2 Å². The molecule has 3 atom stereocenters. The zero-order valence-electron chi connectivity index (χ0n) is 26.9. The first kappa shape index (κ1) is 35.1. The van der Waals surface area contributed by atoms with Gasteiger partial charge in [0.25, 0.3) is 0 Å². The predicted octanol–water partition coefficient (Wildman–Crippen LogP) is 4.33. The van der Waals surface area contributed by atoms with Crippen molar-refractivity contribution in [1.29, 1.82) is 0 Å². The van der Waals surface area contributed by atoms with Crippen LogP contribution in [-0.2, 0) is 24.6 Å². The summed E-state index contributed by atoms with van der Waals surface area (Å²) in [4.78, 5) is 57.6. The molecule has 8 heteroatoms. The van der Waals surface area contributed by atoms with E-state index in [4.69, 9.17) is 0 Å². The zero-order valence-corrected chi connectivity index (χ0v) is 26.9. The fourth-order valence-electron chi connectivity index (χ4n) is 5.12. The molecule has 1 N–H and O–H groups in total. The average Bonchev–Trinajstić information content (AvgIpc) is 2.88. The number of hydrogen-bond donors (Lipinski definition) is 1. The number of rotatable bonds is 14. The number of carbonyl (C=O) groups is 4. The lowest BCUT2D eigenvalue weighted by Gasteiger charge is -2.39. The summed E-state index contributed by atoms with van der Waals surface area (Å²) in [6, 6.07) is 8.93. The largest absolute Gasteiger partial charge is 0.344 e. The van der Waals surface area contributed by atoms with Gasteiger partial charge in [-0.25, -0.2) is 0 Å². The summed E-state index contributed by atoms with van der Waals surface area (Å²) in [7, 11) is 3.44. The molecule has 0 aliphatic carbocycles. The molecule has 0 spiro atoms. The minimum absolute atomic E-state index is 0.0117. The Bertz CT molecular complexity index is 990. The molecule has 226 valence electrons. The van der Waals surface area contributed by atoms with Crippen LogP contribution in [0.3, 0.4) is 0 Å². The molecule has 0 aliphatic heterocycles. The second kappa shape index (κ2) is 15.2. The van der Waals surface area contributed by atoms with Gasteiger partial charge >= 0.3 is 0 Å². The highest BCUT2D eigenvalue weighted by Crippen LogP contribution is 2.34. The average molecular weight is 559 g/mol. The van der Waals surface area contributed by atoms with E-state index in [0.29, 0.717) is 6.42 Å². The summed E-state index contributed by atoms with van der Waals surface area (Å²) in [5.41, 5.74) is 0.651. The molecule has 0 fully saturated rings. The Morgan fingerprint density at radius 1 is 0.875 bits per heavy atom. The second-order valence-corrected chi connectivity index (χ2v) is 12.5. The SMILES string of the molecule is CC[C@H](C(=O)N[C@H](C(=O)N(C)[C@H](CN(CC(=O)N(C)C(C)C)C(C)=O)C(C)C)C(C)C)C(C)(C)c1ccccc1. The van der Waals surface area contributed by atoms with E-state index in [1.807, 2.05) is 78.8 Å². The van der Waals surface area contributed by atoms with Gasteiger partial charge in [0.15, 0.2) is 0 Å². The van der Waals surface area contributed by atoms with Gasteiger partial charge in [0, 0.05) is 44.9 Å². The molecule has 0 bridgehead atoms. The molecule has 0 saturated heterocycles. The van der Waals surface area contributed by atoms with Crippen molar-refractivity contribution in [3.8, 4) is 0 Å². The number of likely N-dealkylation sites (N-methyl/N-ethyl adjacent to an activating group) is 2. The Morgan fingerprint density at radius 3 is 1.85 bits per heavy atom. The highest BCUT2D eigenvalue weighted by atomic mass is 16.2. The number of carbonyl (C=O) groups excluding carboxylic acids is 4. The monoisotopic (exact) mass is 558 g/mol. The van der Waals surface area contributed by atoms with Crippen molar-refractivity contribution < 1.29 is 19.2 Å². The molecular formula is C32H54N4O4. The normalized spacial score (nSPS) is 14.1. The van der Waals surface area contributed by atoms with Crippen LogP contribution in [0.25, 0.3) is 0 Å². The van der Waals surface area contributed by atoms with Crippen molar-refractivity contribution in [2.24, 2.45) is 17.8 Å². The molecule has 1 rings (SSSR count). The van der Waals surface area contributed by atoms with Crippen LogP contribution < -0.4 is 5.32 Å². The molecular weight excluding hydrogens is 504 g/mol. The third-order valence-corrected chi connectivity index (χ3v) is 8.31. The third kappa shape index (κ3) is 9.07. The Hall–Kier alpha value is -2.90. The van der Waals surface area contributed by atoms with Crippen LogP contribution in [-0.4, -0.2) is 83.6 Å². The summed E-state index contributed by atoms with van der Waals surface area (Å²) in [5.74, 6) is -1.19. The van der Waals surface area contributed by atoms with E-state index in [-0.39, 0.29) is 66.6 Å². The zero-order chi connectivity index (χ0) is 30.9. The van der Waals surface area contributed by atoms with Crippen molar-refractivity contribution in [3.05, 3.63) is 35.9 Å². The Balaban J connectivity index is 3.19. The molecule has 1 aromatic rings. The van der Waals surface area contributed by atoms with Crippen LogP contribution in [0.4, 0.5) is 0 Å². The Labute approximate surface area is 242 Å². The summed E-state index contributed by atoms with van der Waals surface area (Å²) < 4.78 is 0. The van der Waals surface area contributed by atoms with Crippen molar-refractivity contribution in [3.63, 3.8) is 0 Å². The lowest BCUT2D eigenvalue weighted by molar-refractivity contribution is -0.144. The highest BCUT2D eigenvalue weighted by Gasteiger charge is 2.39. The third-order valence-electron chi connectivity index (χ3n) is 8.31. The number of amides is 4. The van der Waals surface area contributed by atoms with Crippen molar-refractivity contribution >= 4 is 23.6 Å². The first-order chi connectivity index (χ1) is 18.5. The molecule has 0 aliphatic rings. The van der Waals surface area contributed by atoms with Crippen molar-refractivity contribution in [2.75, 3.05) is 27.2 Å². The van der Waals surface area contributed by atoms with Gasteiger partial charge in [-0.3, -0.25) is 19.2 Å². The van der Waals surface area contributed by atoms with Gasteiger partial charge in [0.1, 0.15) is 6.04 Å². The van der Waals surface area contributed by atoms with Gasteiger partial charge in [-0.1, -0.05) is 78.8 Å². The first-order valence-corrected chi connectivity index (χ1v) is 14.6. The first-order valence-electron chi connectivity index (χ1n) is 14.6. The molecule has 0 saturated carbocycles. The van der Waals surface area contributed by atoms with E-state index in [1.54, 1.807) is 23.9 Å². The molecule has 0 heterocycles. The fraction of sp³-hybridized carbons (Fsp3) is 0.688. The quantitative estimate of drug-likeness (QED) is 0.368. The lowest BCUT2D eigenvalue weighted by atomic mass is 9.71. The van der Waals surface area contributed by atoms with Gasteiger partial charge in [-0.2, -0.15) is 0 Å². The van der Waals surface area contributed by atoms with Crippen molar-refractivity contribution in [1.82, 2.24) is 20.0 Å². The van der Waals surface area contributed by atoms with Crippen LogP contribution in [0.2, 0.25) is 0 Å². The fourth-order valence-corrected chi connectivity index (χ4v) is 5.12. The second-order valence-electron chi connectivity index (χ2n) is 12.5. The van der Waals surface area contributed by atoms with E-state index in [1.165, 1.54) is 11.8 Å². The number of benzene rings is 1. The number of hydrogen-bond acceptors (Lipinski definition) is 4. The topological polar surface area (TPSA) is 90.0 Å². The van der Waals surface area contributed by atoms with Gasteiger partial charge < -0.3 is 20.0 Å². The summed E-state index contributed by atoms with van der Waals surface area (Å²) in [6.45, 7) is 19.4. The lowest BCUT2D eigenvalue weighted by Crippen LogP contribution is -2.58. The van der Waals surface area contributed by atoms with Crippen molar-refractivity contribution in [2.45, 2.75) is 99.2 Å². The Kier molecular flexibility index (Phi) is 13.3. The van der Waals surface area contributed by atoms with Crippen LogP contribution in [0.5, 0.6) is 0 Å². The standard InChI is InChI=1S/C32H54N4O4/c1-13-26(32(9,10)25-17-15-14-16-18-25)30(39)33-29(22(4)5)31(40)35(12)27(21(2)3)19-36(24(8)37)20-28(38)34(11)23(6)7/h14-18,21-23,26-27,29H,13,19-20H2,1-12H3,(H,33,39)/t26-,27-,29+/m1/s1. The van der Waals surface area contributed by atoms with E-state index >= 15 is 0 Å².